The Hall–Kier alpha value is -1.02. The number of sulfonamides is 1. The zero-order valence-electron chi connectivity index (χ0n) is 10.2. The molecule has 0 atom stereocenters. The third-order valence-corrected chi connectivity index (χ3v) is 5.01. The quantitative estimate of drug-likeness (QED) is 0.737. The third kappa shape index (κ3) is 3.60. The maximum absolute atomic E-state index is 13.9. The topological polar surface area (TPSA) is 72.2 Å². The molecule has 2 aromatic rings. The van der Waals surface area contributed by atoms with Crippen LogP contribution in [0.5, 0.6) is 0 Å². The first-order valence-electron chi connectivity index (χ1n) is 5.43. The summed E-state index contributed by atoms with van der Waals surface area (Å²) in [6.07, 6.45) is 0. The lowest BCUT2D eigenvalue weighted by atomic mass is 10.3. The first-order chi connectivity index (χ1) is 9.70. The molecule has 0 heterocycles. The van der Waals surface area contributed by atoms with Gasteiger partial charge in [-0.2, -0.15) is 0 Å². The van der Waals surface area contributed by atoms with Gasteiger partial charge in [-0.15, -0.1) is 0 Å². The van der Waals surface area contributed by atoms with Crippen LogP contribution in [0.3, 0.4) is 0 Å². The summed E-state index contributed by atoms with van der Waals surface area (Å²) >= 11 is 14.5. The average Bonchev–Trinajstić information content (AvgIpc) is 2.37. The summed E-state index contributed by atoms with van der Waals surface area (Å²) in [5.74, 6) is -1.07. The largest absolute Gasteiger partial charge is 0.399 e. The fourth-order valence-electron chi connectivity index (χ4n) is 1.55. The molecule has 2 rings (SSSR count). The molecule has 0 saturated heterocycles. The second-order valence-electron chi connectivity index (χ2n) is 4.04. The first kappa shape index (κ1) is 16.4. The number of nitrogens with two attached hydrogens (primary N) is 1. The smallest absolute Gasteiger partial charge is 0.264 e. The summed E-state index contributed by atoms with van der Waals surface area (Å²) in [6, 6.07) is 6.56. The molecule has 0 aliphatic rings. The van der Waals surface area contributed by atoms with Crippen LogP contribution >= 0.6 is 39.1 Å². The van der Waals surface area contributed by atoms with Crippen LogP contribution in [-0.2, 0) is 10.0 Å². The van der Waals surface area contributed by atoms with E-state index in [0.29, 0.717) is 9.50 Å². The molecule has 0 saturated carbocycles. The van der Waals surface area contributed by atoms with Gasteiger partial charge in [0, 0.05) is 15.2 Å². The molecule has 2 aromatic carbocycles. The molecule has 3 N–H and O–H groups in total. The van der Waals surface area contributed by atoms with Gasteiger partial charge in [0.1, 0.15) is 4.90 Å². The highest BCUT2D eigenvalue weighted by Crippen LogP contribution is 2.30. The molecular weight excluding hydrogens is 406 g/mol. The number of benzene rings is 2. The van der Waals surface area contributed by atoms with E-state index in [-0.39, 0.29) is 16.4 Å². The van der Waals surface area contributed by atoms with Gasteiger partial charge in [-0.25, -0.2) is 12.8 Å². The number of hydrogen-bond acceptors (Lipinski definition) is 3. The highest BCUT2D eigenvalue weighted by atomic mass is 79.9. The van der Waals surface area contributed by atoms with E-state index in [1.54, 1.807) is 0 Å². The monoisotopic (exact) mass is 412 g/mol. The molecule has 0 bridgehead atoms. The summed E-state index contributed by atoms with van der Waals surface area (Å²) in [6.45, 7) is 0. The molecule has 0 spiro atoms. The van der Waals surface area contributed by atoms with Gasteiger partial charge < -0.3 is 5.73 Å². The predicted molar refractivity (Wildman–Crippen MR) is 85.8 cm³/mol. The van der Waals surface area contributed by atoms with Gasteiger partial charge in [0.2, 0.25) is 0 Å². The zero-order valence-corrected chi connectivity index (χ0v) is 14.1. The van der Waals surface area contributed by atoms with E-state index >= 15 is 0 Å². The lowest BCUT2D eigenvalue weighted by molar-refractivity contribution is 0.571. The summed E-state index contributed by atoms with van der Waals surface area (Å²) in [4.78, 5) is -0.630. The molecule has 4 nitrogen and oxygen atoms in total. The van der Waals surface area contributed by atoms with E-state index in [4.69, 9.17) is 28.9 Å². The molecule has 0 radical (unpaired) electrons. The maximum Gasteiger partial charge on any atom is 0.264 e. The van der Waals surface area contributed by atoms with Crippen LogP contribution in [0.1, 0.15) is 0 Å². The Morgan fingerprint density at radius 3 is 2.48 bits per heavy atom. The summed E-state index contributed by atoms with van der Waals surface area (Å²) in [5, 5.41) is 0.0496. The van der Waals surface area contributed by atoms with E-state index in [1.165, 1.54) is 18.2 Å². The van der Waals surface area contributed by atoms with E-state index in [1.807, 2.05) is 0 Å². The van der Waals surface area contributed by atoms with Crippen LogP contribution in [0.4, 0.5) is 15.8 Å². The van der Waals surface area contributed by atoms with Crippen molar-refractivity contribution in [2.45, 2.75) is 4.90 Å². The molecule has 21 heavy (non-hydrogen) atoms. The minimum atomic E-state index is -4.19. The van der Waals surface area contributed by atoms with Crippen LogP contribution in [0.15, 0.2) is 39.7 Å². The van der Waals surface area contributed by atoms with Crippen molar-refractivity contribution in [1.82, 2.24) is 0 Å². The summed E-state index contributed by atoms with van der Waals surface area (Å²) < 4.78 is 41.0. The average molecular weight is 414 g/mol. The van der Waals surface area contributed by atoms with Crippen molar-refractivity contribution in [3.8, 4) is 0 Å². The van der Waals surface area contributed by atoms with Gasteiger partial charge >= 0.3 is 0 Å². The fraction of sp³-hybridized carbons (Fsp3) is 0. The Balaban J connectivity index is 2.48. The van der Waals surface area contributed by atoms with Gasteiger partial charge in [-0.1, -0.05) is 23.2 Å². The Kier molecular flexibility index (Phi) is 4.67. The van der Waals surface area contributed by atoms with Crippen LogP contribution in [0, 0.1) is 5.82 Å². The molecule has 0 amide bonds. The Labute approximate surface area is 139 Å². The lowest BCUT2D eigenvalue weighted by Crippen LogP contribution is -2.15. The second kappa shape index (κ2) is 6.00. The highest BCUT2D eigenvalue weighted by molar-refractivity contribution is 9.10. The van der Waals surface area contributed by atoms with Crippen molar-refractivity contribution in [3.05, 3.63) is 50.7 Å². The van der Waals surface area contributed by atoms with Crippen LogP contribution in [0.25, 0.3) is 0 Å². The number of hydrogen-bond donors (Lipinski definition) is 2. The van der Waals surface area contributed by atoms with Crippen molar-refractivity contribution < 1.29 is 12.8 Å². The standard InChI is InChI=1S/C12H8BrCl2FN2O2S/c13-8-3-6(14)1-2-10(8)18-21(19,20)11-5-7(17)4-9(15)12(11)16/h1-5,18H,17H2. The molecule has 0 fully saturated rings. The van der Waals surface area contributed by atoms with Crippen LogP contribution in [0.2, 0.25) is 10.0 Å². The molecule has 0 unspecified atom stereocenters. The fourth-order valence-corrected chi connectivity index (χ4v) is 3.96. The second-order valence-corrected chi connectivity index (χ2v) is 7.39. The van der Waals surface area contributed by atoms with Crippen molar-refractivity contribution in [3.63, 3.8) is 0 Å². The van der Waals surface area contributed by atoms with Crippen molar-refractivity contribution in [2.24, 2.45) is 0 Å². The number of halogens is 4. The first-order valence-corrected chi connectivity index (χ1v) is 8.46. The molecule has 9 heteroatoms. The summed E-state index contributed by atoms with van der Waals surface area (Å²) in [7, 11) is -4.19. The minimum Gasteiger partial charge on any atom is -0.399 e. The predicted octanol–water partition coefficient (Wildman–Crippen LogP) is 4.28. The van der Waals surface area contributed by atoms with Gasteiger partial charge in [-0.05, 0) is 46.3 Å². The van der Waals surface area contributed by atoms with E-state index in [9.17, 15) is 12.8 Å². The molecule has 0 aliphatic heterocycles. The maximum atomic E-state index is 13.9. The van der Waals surface area contributed by atoms with Crippen LogP contribution in [-0.4, -0.2) is 8.42 Å². The SMILES string of the molecule is Nc1cc(Cl)c(F)c(S(=O)(=O)Nc2ccc(Cl)cc2Br)c1. The Morgan fingerprint density at radius 2 is 1.86 bits per heavy atom. The van der Waals surface area contributed by atoms with Crippen LogP contribution < -0.4 is 10.5 Å². The van der Waals surface area contributed by atoms with Crippen molar-refractivity contribution >= 4 is 60.5 Å². The minimum absolute atomic E-state index is 0.0388. The Morgan fingerprint density at radius 1 is 1.19 bits per heavy atom. The van der Waals surface area contributed by atoms with E-state index in [0.717, 1.165) is 12.1 Å². The lowest BCUT2D eigenvalue weighted by Gasteiger charge is -2.12. The van der Waals surface area contributed by atoms with Gasteiger partial charge in [0.05, 0.1) is 10.7 Å². The van der Waals surface area contributed by atoms with Gasteiger partial charge in [0.15, 0.2) is 5.82 Å². The van der Waals surface area contributed by atoms with Crippen molar-refractivity contribution in [2.75, 3.05) is 10.5 Å². The zero-order chi connectivity index (χ0) is 15.8. The number of anilines is 2. The summed E-state index contributed by atoms with van der Waals surface area (Å²) in [5.41, 5.74) is 5.74. The molecule has 0 aromatic heterocycles. The molecular formula is C12H8BrCl2FN2O2S. The highest BCUT2D eigenvalue weighted by Gasteiger charge is 2.23. The normalized spacial score (nSPS) is 11.4. The van der Waals surface area contributed by atoms with E-state index < -0.39 is 20.7 Å². The number of rotatable bonds is 3. The van der Waals surface area contributed by atoms with E-state index in [2.05, 4.69) is 20.7 Å². The molecule has 0 aliphatic carbocycles. The van der Waals surface area contributed by atoms with Gasteiger partial charge in [-0.3, -0.25) is 4.72 Å². The number of nitrogens with one attached hydrogen (secondary N) is 1. The van der Waals surface area contributed by atoms with Gasteiger partial charge in [0.25, 0.3) is 10.0 Å². The van der Waals surface area contributed by atoms with Crippen molar-refractivity contribution in [1.29, 1.82) is 0 Å². The molecule has 112 valence electrons. The number of nitrogen functional groups attached to an aromatic ring is 1. The third-order valence-electron chi connectivity index (χ3n) is 2.48. The Bertz CT molecular complexity index is 815.